The van der Waals surface area contributed by atoms with Crippen molar-refractivity contribution in [2.45, 2.75) is 38.0 Å². The topological polar surface area (TPSA) is 0 Å². The van der Waals surface area contributed by atoms with Gasteiger partial charge in [0.2, 0.25) is 0 Å². The van der Waals surface area contributed by atoms with Gasteiger partial charge in [0.25, 0.3) is 0 Å². The summed E-state index contributed by atoms with van der Waals surface area (Å²) in [6, 6.07) is 0. The Morgan fingerprint density at radius 2 is 1.50 bits per heavy atom. The van der Waals surface area contributed by atoms with Crippen LogP contribution in [0, 0.1) is 11.8 Å². The molecule has 0 aromatic carbocycles. The molecule has 0 nitrogen and oxygen atoms in total. The van der Waals surface area contributed by atoms with Crippen LogP contribution in [-0.2, 0) is 0 Å². The van der Waals surface area contributed by atoms with E-state index in [1.807, 2.05) is 0 Å². The first-order chi connectivity index (χ1) is 4.77. The Kier molecular flexibility index (Phi) is 1.43. The predicted octanol–water partition coefficient (Wildman–Crippen LogP) is 2.48. The van der Waals surface area contributed by atoms with E-state index >= 15 is 0 Å². The van der Waals surface area contributed by atoms with Gasteiger partial charge in [-0.2, -0.15) is 0 Å². The van der Waals surface area contributed by atoms with E-state index in [9.17, 15) is 8.78 Å². The van der Waals surface area contributed by atoms with Crippen LogP contribution in [-0.4, -0.2) is 12.3 Å². The highest BCUT2D eigenvalue weighted by Crippen LogP contribution is 2.44. The second kappa shape index (κ2) is 2.18. The van der Waals surface area contributed by atoms with Gasteiger partial charge in [0.05, 0.1) is 0 Å². The van der Waals surface area contributed by atoms with E-state index in [-0.39, 0.29) is 5.92 Å². The molecule has 2 bridgehead atoms. The maximum Gasteiger partial charge on any atom is 0.106 e. The largest absolute Gasteiger partial charge is 0.247 e. The van der Waals surface area contributed by atoms with Crippen LogP contribution in [0.1, 0.15) is 25.7 Å². The minimum atomic E-state index is -0.831. The summed E-state index contributed by atoms with van der Waals surface area (Å²) in [5, 5.41) is 0. The lowest BCUT2D eigenvalue weighted by Crippen LogP contribution is -2.40. The molecule has 3 aliphatic rings. The molecule has 0 N–H and O–H groups in total. The number of halogens is 2. The SMILES string of the molecule is F[C@@H]1CC2CCC1[C@@H](F)C2. The van der Waals surface area contributed by atoms with E-state index in [2.05, 4.69) is 0 Å². The van der Waals surface area contributed by atoms with Crippen molar-refractivity contribution in [3.63, 3.8) is 0 Å². The molecule has 3 fully saturated rings. The lowest BCUT2D eigenvalue weighted by Gasteiger charge is -2.40. The van der Waals surface area contributed by atoms with Gasteiger partial charge in [0.1, 0.15) is 12.3 Å². The normalized spacial score (nSPS) is 53.4. The Labute approximate surface area is 59.6 Å². The summed E-state index contributed by atoms with van der Waals surface area (Å²) in [6.45, 7) is 0. The van der Waals surface area contributed by atoms with Gasteiger partial charge in [-0.05, 0) is 31.6 Å². The Bertz CT molecular complexity index is 123. The summed E-state index contributed by atoms with van der Waals surface area (Å²) in [5.41, 5.74) is 0. The Balaban J connectivity index is 2.11. The highest BCUT2D eigenvalue weighted by atomic mass is 19.1. The van der Waals surface area contributed by atoms with Crippen LogP contribution >= 0.6 is 0 Å². The fraction of sp³-hybridized carbons (Fsp3) is 1.00. The zero-order valence-corrected chi connectivity index (χ0v) is 5.89. The third-order valence-electron chi connectivity index (χ3n) is 2.95. The van der Waals surface area contributed by atoms with Crippen molar-refractivity contribution in [1.82, 2.24) is 0 Å². The molecule has 2 unspecified atom stereocenters. The van der Waals surface area contributed by atoms with Gasteiger partial charge in [-0.25, -0.2) is 8.78 Å². The zero-order valence-electron chi connectivity index (χ0n) is 5.89. The quantitative estimate of drug-likeness (QED) is 0.492. The molecule has 0 radical (unpaired) electrons. The molecular weight excluding hydrogens is 134 g/mol. The Morgan fingerprint density at radius 3 is 1.80 bits per heavy atom. The van der Waals surface area contributed by atoms with E-state index in [4.69, 9.17) is 0 Å². The smallest absolute Gasteiger partial charge is 0.106 e. The van der Waals surface area contributed by atoms with E-state index in [1.165, 1.54) is 0 Å². The third kappa shape index (κ3) is 0.850. The summed E-state index contributed by atoms with van der Waals surface area (Å²) in [5.74, 6) is 0.111. The van der Waals surface area contributed by atoms with Crippen LogP contribution in [0.4, 0.5) is 8.78 Å². The van der Waals surface area contributed by atoms with Crippen molar-refractivity contribution in [3.8, 4) is 0 Å². The molecule has 0 aromatic heterocycles. The van der Waals surface area contributed by atoms with Crippen LogP contribution in [0.3, 0.4) is 0 Å². The van der Waals surface area contributed by atoms with Crippen LogP contribution < -0.4 is 0 Å². The maximum absolute atomic E-state index is 12.9. The molecule has 0 spiro atoms. The summed E-state index contributed by atoms with van der Waals surface area (Å²) in [6.07, 6.45) is 1.44. The van der Waals surface area contributed by atoms with Gasteiger partial charge in [0.15, 0.2) is 0 Å². The number of fused-ring (bicyclic) bond motifs is 3. The molecule has 0 amide bonds. The number of alkyl halides is 2. The first-order valence-corrected chi connectivity index (χ1v) is 4.05. The lowest BCUT2D eigenvalue weighted by molar-refractivity contribution is -0.00515. The van der Waals surface area contributed by atoms with Gasteiger partial charge in [0, 0.05) is 5.92 Å². The Morgan fingerprint density at radius 1 is 0.900 bits per heavy atom. The first kappa shape index (κ1) is 6.56. The Hall–Kier alpha value is -0.140. The van der Waals surface area contributed by atoms with Crippen molar-refractivity contribution in [1.29, 1.82) is 0 Å². The number of hydrogen-bond donors (Lipinski definition) is 0. The van der Waals surface area contributed by atoms with Gasteiger partial charge < -0.3 is 0 Å². The second-order valence-corrected chi connectivity index (χ2v) is 3.61. The van der Waals surface area contributed by atoms with Crippen molar-refractivity contribution in [3.05, 3.63) is 0 Å². The molecule has 58 valence electrons. The van der Waals surface area contributed by atoms with E-state index in [0.717, 1.165) is 12.8 Å². The summed E-state index contributed by atoms with van der Waals surface area (Å²) in [4.78, 5) is 0. The van der Waals surface area contributed by atoms with Crippen LogP contribution in [0.2, 0.25) is 0 Å². The molecule has 3 aliphatic carbocycles. The van der Waals surface area contributed by atoms with Gasteiger partial charge in [-0.3, -0.25) is 0 Å². The second-order valence-electron chi connectivity index (χ2n) is 3.61. The molecule has 2 heteroatoms. The minimum Gasteiger partial charge on any atom is -0.247 e. The van der Waals surface area contributed by atoms with Crippen LogP contribution in [0.25, 0.3) is 0 Å². The molecule has 0 heterocycles. The summed E-state index contributed by atoms with van der Waals surface area (Å²) < 4.78 is 25.8. The first-order valence-electron chi connectivity index (χ1n) is 4.05. The van der Waals surface area contributed by atoms with Crippen molar-refractivity contribution in [2.24, 2.45) is 11.8 Å². The molecule has 10 heavy (non-hydrogen) atoms. The molecule has 4 atom stereocenters. The zero-order chi connectivity index (χ0) is 7.14. The van der Waals surface area contributed by atoms with Crippen LogP contribution in [0.15, 0.2) is 0 Å². The van der Waals surface area contributed by atoms with Crippen LogP contribution in [0.5, 0.6) is 0 Å². The van der Waals surface area contributed by atoms with Crippen molar-refractivity contribution >= 4 is 0 Å². The minimum absolute atomic E-state index is 0.245. The highest BCUT2D eigenvalue weighted by molar-refractivity contribution is 4.91. The lowest BCUT2D eigenvalue weighted by atomic mass is 9.69. The molecule has 3 saturated carbocycles. The molecular formula is C8H12F2. The monoisotopic (exact) mass is 146 g/mol. The fourth-order valence-corrected chi connectivity index (χ4v) is 2.33. The number of rotatable bonds is 0. The van der Waals surface area contributed by atoms with E-state index in [1.54, 1.807) is 0 Å². The summed E-state index contributed by atoms with van der Waals surface area (Å²) >= 11 is 0. The van der Waals surface area contributed by atoms with Crippen molar-refractivity contribution < 1.29 is 8.78 Å². The average Bonchev–Trinajstić information content (AvgIpc) is 1.86. The molecule has 0 aromatic rings. The van der Waals surface area contributed by atoms with Gasteiger partial charge in [-0.15, -0.1) is 0 Å². The highest BCUT2D eigenvalue weighted by Gasteiger charge is 2.42. The molecule has 0 saturated heterocycles. The third-order valence-corrected chi connectivity index (χ3v) is 2.95. The van der Waals surface area contributed by atoms with Gasteiger partial charge in [-0.1, -0.05) is 0 Å². The van der Waals surface area contributed by atoms with E-state index < -0.39 is 12.3 Å². The standard InChI is InChI=1S/C8H12F2/c9-7-3-5-1-2-6(7)8(10)4-5/h5-8H,1-4H2/t5?,6?,7-,8+. The van der Waals surface area contributed by atoms with Crippen molar-refractivity contribution in [2.75, 3.05) is 0 Å². The molecule has 3 rings (SSSR count). The average molecular weight is 146 g/mol. The predicted molar refractivity (Wildman–Crippen MR) is 35.2 cm³/mol. The number of hydrogen-bond acceptors (Lipinski definition) is 0. The van der Waals surface area contributed by atoms with Gasteiger partial charge >= 0.3 is 0 Å². The summed E-state index contributed by atoms with van der Waals surface area (Å²) in [7, 11) is 0. The molecule has 0 aliphatic heterocycles. The van der Waals surface area contributed by atoms with E-state index in [0.29, 0.717) is 18.8 Å². The fourth-order valence-electron chi connectivity index (χ4n) is 2.33. The maximum atomic E-state index is 12.9.